The standard InChI is InChI=1S/C18H19F2N3O/c1-11-7-14(10-21)9-16-22-17(12(2)24)15(23(11)16)8-13-3-5-18(19,20)6-4-13/h7,9,13H,3-6,8H2,1-2H3. The molecule has 0 amide bonds. The largest absolute Gasteiger partial charge is 0.300 e. The summed E-state index contributed by atoms with van der Waals surface area (Å²) in [6.45, 7) is 3.32. The van der Waals surface area contributed by atoms with E-state index in [1.165, 1.54) is 6.92 Å². The maximum atomic E-state index is 13.4. The number of halogens is 2. The molecule has 0 aliphatic heterocycles. The van der Waals surface area contributed by atoms with Gasteiger partial charge in [-0.05, 0) is 44.2 Å². The number of ketones is 1. The number of carbonyl (C=O) groups is 1. The van der Waals surface area contributed by atoms with Gasteiger partial charge in [-0.25, -0.2) is 13.8 Å². The van der Waals surface area contributed by atoms with Crippen molar-refractivity contribution < 1.29 is 13.6 Å². The second-order valence-electron chi connectivity index (χ2n) is 6.66. The molecule has 0 aromatic carbocycles. The Morgan fingerprint density at radius 3 is 2.67 bits per heavy atom. The van der Waals surface area contributed by atoms with Crippen molar-refractivity contribution in [3.8, 4) is 6.07 Å². The van der Waals surface area contributed by atoms with Crippen LogP contribution in [0.2, 0.25) is 0 Å². The van der Waals surface area contributed by atoms with Crippen LogP contribution in [0.25, 0.3) is 5.65 Å². The van der Waals surface area contributed by atoms with Crippen LogP contribution in [0.5, 0.6) is 0 Å². The highest BCUT2D eigenvalue weighted by atomic mass is 19.3. The van der Waals surface area contributed by atoms with E-state index in [0.717, 1.165) is 11.4 Å². The maximum absolute atomic E-state index is 13.4. The average Bonchev–Trinajstić information content (AvgIpc) is 2.88. The van der Waals surface area contributed by atoms with Gasteiger partial charge in [0.1, 0.15) is 11.3 Å². The number of hydrogen-bond donors (Lipinski definition) is 0. The van der Waals surface area contributed by atoms with Crippen LogP contribution in [0.15, 0.2) is 12.1 Å². The zero-order valence-electron chi connectivity index (χ0n) is 13.8. The number of aryl methyl sites for hydroxylation is 1. The summed E-state index contributed by atoms with van der Waals surface area (Å²) in [5, 5.41) is 9.09. The van der Waals surface area contributed by atoms with Gasteiger partial charge in [-0.1, -0.05) is 0 Å². The SMILES string of the molecule is CC(=O)c1nc2cc(C#N)cc(C)n2c1CC1CCC(F)(F)CC1. The van der Waals surface area contributed by atoms with E-state index in [9.17, 15) is 13.6 Å². The first-order valence-electron chi connectivity index (χ1n) is 8.11. The molecule has 24 heavy (non-hydrogen) atoms. The highest BCUT2D eigenvalue weighted by Crippen LogP contribution is 2.38. The molecular weight excluding hydrogens is 312 g/mol. The number of nitrogens with zero attached hydrogens (tertiary/aromatic N) is 3. The van der Waals surface area contributed by atoms with Gasteiger partial charge in [0, 0.05) is 25.5 Å². The number of carbonyl (C=O) groups excluding carboxylic acids is 1. The molecule has 3 rings (SSSR count). The second kappa shape index (κ2) is 5.97. The lowest BCUT2D eigenvalue weighted by Crippen LogP contribution is -2.26. The van der Waals surface area contributed by atoms with Crippen LogP contribution < -0.4 is 0 Å². The second-order valence-corrected chi connectivity index (χ2v) is 6.66. The summed E-state index contributed by atoms with van der Waals surface area (Å²) in [5.41, 5.74) is 3.03. The van der Waals surface area contributed by atoms with E-state index in [-0.39, 0.29) is 24.5 Å². The molecule has 0 atom stereocenters. The summed E-state index contributed by atoms with van der Waals surface area (Å²) < 4.78 is 28.6. The third-order valence-corrected chi connectivity index (χ3v) is 4.78. The van der Waals surface area contributed by atoms with Gasteiger partial charge in [0.15, 0.2) is 5.78 Å². The molecular formula is C18H19F2N3O. The summed E-state index contributed by atoms with van der Waals surface area (Å²) in [5.74, 6) is -2.58. The van der Waals surface area contributed by atoms with Crippen LogP contribution in [0.4, 0.5) is 8.78 Å². The molecule has 0 unspecified atom stereocenters. The lowest BCUT2D eigenvalue weighted by molar-refractivity contribution is -0.0457. The van der Waals surface area contributed by atoms with Crippen LogP contribution >= 0.6 is 0 Å². The molecule has 0 radical (unpaired) electrons. The molecule has 0 saturated heterocycles. The Morgan fingerprint density at radius 1 is 1.42 bits per heavy atom. The molecule has 0 spiro atoms. The third kappa shape index (κ3) is 3.03. The first-order chi connectivity index (χ1) is 11.3. The Bertz CT molecular complexity index is 838. The minimum absolute atomic E-state index is 0.0959. The van der Waals surface area contributed by atoms with Crippen molar-refractivity contribution in [3.63, 3.8) is 0 Å². The highest BCUT2D eigenvalue weighted by Gasteiger charge is 2.35. The van der Waals surface area contributed by atoms with Gasteiger partial charge < -0.3 is 4.40 Å². The van der Waals surface area contributed by atoms with Gasteiger partial charge in [0.25, 0.3) is 0 Å². The van der Waals surface area contributed by atoms with Crippen LogP contribution in [-0.4, -0.2) is 21.1 Å². The monoisotopic (exact) mass is 331 g/mol. The molecule has 1 aliphatic rings. The van der Waals surface area contributed by atoms with Crippen molar-refractivity contribution >= 4 is 11.4 Å². The fraction of sp³-hybridized carbons (Fsp3) is 0.500. The number of imidazole rings is 1. The first-order valence-corrected chi connectivity index (χ1v) is 8.11. The molecule has 2 heterocycles. The quantitative estimate of drug-likeness (QED) is 0.796. The van der Waals surface area contributed by atoms with Crippen molar-refractivity contribution in [2.45, 2.75) is 51.9 Å². The van der Waals surface area contributed by atoms with E-state index in [1.807, 2.05) is 11.3 Å². The molecule has 0 N–H and O–H groups in total. The fourth-order valence-electron chi connectivity index (χ4n) is 3.55. The number of nitriles is 1. The van der Waals surface area contributed by atoms with Crippen LogP contribution in [0, 0.1) is 24.2 Å². The van der Waals surface area contributed by atoms with Crippen molar-refractivity contribution in [1.29, 1.82) is 5.26 Å². The van der Waals surface area contributed by atoms with Gasteiger partial charge in [-0.2, -0.15) is 5.26 Å². The first kappa shape index (κ1) is 16.6. The molecule has 2 aromatic rings. The smallest absolute Gasteiger partial charge is 0.248 e. The number of fused-ring (bicyclic) bond motifs is 1. The van der Waals surface area contributed by atoms with Gasteiger partial charge >= 0.3 is 0 Å². The summed E-state index contributed by atoms with van der Waals surface area (Å²) in [6, 6.07) is 5.48. The van der Waals surface area contributed by atoms with Crippen molar-refractivity contribution in [2.75, 3.05) is 0 Å². The number of pyridine rings is 1. The number of Topliss-reactive ketones (excluding diaryl/α,β-unsaturated/α-hetero) is 1. The minimum Gasteiger partial charge on any atom is -0.300 e. The Kier molecular flexibility index (Phi) is 4.12. The number of alkyl halides is 2. The van der Waals surface area contributed by atoms with E-state index in [0.29, 0.717) is 36.2 Å². The Balaban J connectivity index is 2.01. The normalized spacial score (nSPS) is 17.8. The molecule has 2 aromatic heterocycles. The van der Waals surface area contributed by atoms with Gasteiger partial charge in [0.05, 0.1) is 17.3 Å². The van der Waals surface area contributed by atoms with E-state index < -0.39 is 5.92 Å². The van der Waals surface area contributed by atoms with Crippen molar-refractivity contribution in [3.05, 3.63) is 34.8 Å². The van der Waals surface area contributed by atoms with Crippen LogP contribution in [-0.2, 0) is 6.42 Å². The Hall–Kier alpha value is -2.29. The lowest BCUT2D eigenvalue weighted by atomic mass is 9.83. The van der Waals surface area contributed by atoms with E-state index in [1.54, 1.807) is 12.1 Å². The van der Waals surface area contributed by atoms with Crippen LogP contribution in [0.1, 0.15) is 60.0 Å². The van der Waals surface area contributed by atoms with E-state index in [2.05, 4.69) is 11.1 Å². The summed E-state index contributed by atoms with van der Waals surface area (Å²) in [7, 11) is 0. The molecule has 0 bridgehead atoms. The maximum Gasteiger partial charge on any atom is 0.248 e. The zero-order chi connectivity index (χ0) is 17.5. The number of aromatic nitrogens is 2. The predicted molar refractivity (Wildman–Crippen MR) is 85.3 cm³/mol. The minimum atomic E-state index is -2.56. The van der Waals surface area contributed by atoms with Crippen molar-refractivity contribution in [1.82, 2.24) is 9.38 Å². The molecule has 1 fully saturated rings. The lowest BCUT2D eigenvalue weighted by Gasteiger charge is -2.28. The summed E-state index contributed by atoms with van der Waals surface area (Å²) in [4.78, 5) is 16.4. The number of hydrogen-bond acceptors (Lipinski definition) is 3. The number of rotatable bonds is 3. The highest BCUT2D eigenvalue weighted by molar-refractivity contribution is 5.94. The Labute approximate surface area is 139 Å². The summed E-state index contributed by atoms with van der Waals surface area (Å²) in [6.07, 6.45) is 1.27. The fourth-order valence-corrected chi connectivity index (χ4v) is 3.55. The van der Waals surface area contributed by atoms with Crippen LogP contribution in [0.3, 0.4) is 0 Å². The third-order valence-electron chi connectivity index (χ3n) is 4.78. The zero-order valence-corrected chi connectivity index (χ0v) is 13.8. The molecule has 4 nitrogen and oxygen atoms in total. The molecule has 6 heteroatoms. The topological polar surface area (TPSA) is 58.2 Å². The van der Waals surface area contributed by atoms with Crippen molar-refractivity contribution in [2.24, 2.45) is 5.92 Å². The molecule has 1 saturated carbocycles. The van der Waals surface area contributed by atoms with Gasteiger partial charge in [-0.15, -0.1) is 0 Å². The predicted octanol–water partition coefficient (Wildman–Crippen LogP) is 4.09. The van der Waals surface area contributed by atoms with E-state index in [4.69, 9.17) is 5.26 Å². The van der Waals surface area contributed by atoms with E-state index >= 15 is 0 Å². The van der Waals surface area contributed by atoms with Gasteiger partial charge in [-0.3, -0.25) is 4.79 Å². The summed E-state index contributed by atoms with van der Waals surface area (Å²) >= 11 is 0. The molecule has 126 valence electrons. The average molecular weight is 331 g/mol. The molecule has 1 aliphatic carbocycles. The van der Waals surface area contributed by atoms with Gasteiger partial charge in [0.2, 0.25) is 5.92 Å². The Morgan fingerprint density at radius 2 is 2.08 bits per heavy atom.